The van der Waals surface area contributed by atoms with Gasteiger partial charge in [-0.3, -0.25) is 9.10 Å². The van der Waals surface area contributed by atoms with Crippen molar-refractivity contribution in [2.75, 3.05) is 31.3 Å². The Morgan fingerprint density at radius 3 is 2.24 bits per heavy atom. The molecular weight excluding hydrogens is 439 g/mol. The molecule has 0 aliphatic rings. The fourth-order valence-electron chi connectivity index (χ4n) is 2.76. The highest BCUT2D eigenvalue weighted by Gasteiger charge is 2.23. The maximum Gasteiger partial charge on any atom is 0.241 e. The fourth-order valence-corrected chi connectivity index (χ4v) is 4.11. The number of carbonyl (C=O) groups excluding carboxylic acids is 1. The Hall–Kier alpha value is -2.16. The second-order valence-electron chi connectivity index (χ2n) is 6.29. The summed E-state index contributed by atoms with van der Waals surface area (Å²) in [5.41, 5.74) is 0.892. The molecule has 0 aromatic heterocycles. The molecule has 1 amide bonds. The summed E-state index contributed by atoms with van der Waals surface area (Å²) in [4.78, 5) is 12.6. The zero-order valence-corrected chi connectivity index (χ0v) is 18.7. The van der Waals surface area contributed by atoms with E-state index in [1.165, 1.54) is 32.4 Å². The van der Waals surface area contributed by atoms with E-state index in [1.54, 1.807) is 25.1 Å². The van der Waals surface area contributed by atoms with Crippen LogP contribution in [0.1, 0.15) is 18.5 Å². The fraction of sp³-hybridized carbons (Fsp3) is 0.316. The number of hydrogen-bond acceptors (Lipinski definition) is 5. The number of amides is 1. The number of sulfonamides is 1. The van der Waals surface area contributed by atoms with Gasteiger partial charge in [0.05, 0.1) is 32.2 Å². The molecule has 1 atom stereocenters. The molecule has 0 spiro atoms. The Labute approximate surface area is 180 Å². The van der Waals surface area contributed by atoms with Crippen LogP contribution in [0.25, 0.3) is 0 Å². The number of nitrogens with one attached hydrogen (secondary N) is 1. The predicted octanol–water partition coefficient (Wildman–Crippen LogP) is 3.65. The van der Waals surface area contributed by atoms with E-state index in [4.69, 9.17) is 32.7 Å². The van der Waals surface area contributed by atoms with Crippen molar-refractivity contribution in [1.82, 2.24) is 5.32 Å². The molecule has 0 bridgehead atoms. The van der Waals surface area contributed by atoms with E-state index in [-0.39, 0.29) is 15.7 Å². The van der Waals surface area contributed by atoms with Crippen molar-refractivity contribution in [3.8, 4) is 11.5 Å². The molecule has 0 heterocycles. The molecule has 0 unspecified atom stereocenters. The SMILES string of the molecule is COc1ccc(OC)c([C@H](C)NC(=O)CN(c2cc(Cl)cc(Cl)c2)S(C)(=O)=O)c1. The number of hydrogen-bond donors (Lipinski definition) is 1. The van der Waals surface area contributed by atoms with Crippen molar-refractivity contribution in [2.24, 2.45) is 0 Å². The van der Waals surface area contributed by atoms with Gasteiger partial charge in [0.15, 0.2) is 0 Å². The van der Waals surface area contributed by atoms with Crippen LogP contribution >= 0.6 is 23.2 Å². The zero-order chi connectivity index (χ0) is 21.8. The average Bonchev–Trinajstić information content (AvgIpc) is 2.63. The van der Waals surface area contributed by atoms with Gasteiger partial charge in [-0.25, -0.2) is 8.42 Å². The van der Waals surface area contributed by atoms with Gasteiger partial charge in [-0.1, -0.05) is 23.2 Å². The van der Waals surface area contributed by atoms with Crippen LogP contribution in [0.15, 0.2) is 36.4 Å². The molecule has 2 aromatic rings. The lowest BCUT2D eigenvalue weighted by Crippen LogP contribution is -2.41. The second-order valence-corrected chi connectivity index (χ2v) is 9.07. The van der Waals surface area contributed by atoms with E-state index in [9.17, 15) is 13.2 Å². The van der Waals surface area contributed by atoms with Crippen LogP contribution in [0, 0.1) is 0 Å². The van der Waals surface area contributed by atoms with E-state index in [0.717, 1.165) is 10.6 Å². The van der Waals surface area contributed by atoms with Crippen LogP contribution in [0.5, 0.6) is 11.5 Å². The quantitative estimate of drug-likeness (QED) is 0.649. The van der Waals surface area contributed by atoms with E-state index < -0.39 is 28.5 Å². The minimum absolute atomic E-state index is 0.201. The van der Waals surface area contributed by atoms with Gasteiger partial charge < -0.3 is 14.8 Å². The first-order chi connectivity index (χ1) is 13.5. The van der Waals surface area contributed by atoms with Gasteiger partial charge in [-0.05, 0) is 43.3 Å². The summed E-state index contributed by atoms with van der Waals surface area (Å²) in [6.07, 6.45) is 1.00. The van der Waals surface area contributed by atoms with E-state index in [2.05, 4.69) is 5.32 Å². The predicted molar refractivity (Wildman–Crippen MR) is 115 cm³/mol. The molecule has 7 nitrogen and oxygen atoms in total. The summed E-state index contributed by atoms with van der Waals surface area (Å²) in [5, 5.41) is 3.30. The molecule has 2 rings (SSSR count). The van der Waals surface area contributed by atoms with Gasteiger partial charge in [0.25, 0.3) is 0 Å². The highest BCUT2D eigenvalue weighted by atomic mass is 35.5. The van der Waals surface area contributed by atoms with E-state index >= 15 is 0 Å². The van der Waals surface area contributed by atoms with Gasteiger partial charge >= 0.3 is 0 Å². The molecule has 0 fully saturated rings. The van der Waals surface area contributed by atoms with Crippen molar-refractivity contribution < 1.29 is 22.7 Å². The molecule has 10 heteroatoms. The van der Waals surface area contributed by atoms with Crippen LogP contribution in [0.2, 0.25) is 10.0 Å². The maximum atomic E-state index is 12.6. The first kappa shape index (κ1) is 23.1. The van der Waals surface area contributed by atoms with Crippen molar-refractivity contribution in [3.63, 3.8) is 0 Å². The molecule has 0 radical (unpaired) electrons. The number of carbonyl (C=O) groups is 1. The smallest absolute Gasteiger partial charge is 0.241 e. The number of halogens is 2. The summed E-state index contributed by atoms with van der Waals surface area (Å²) in [7, 11) is -0.701. The van der Waals surface area contributed by atoms with Gasteiger partial charge in [-0.15, -0.1) is 0 Å². The van der Waals surface area contributed by atoms with Crippen LogP contribution in [0.3, 0.4) is 0 Å². The number of nitrogens with zero attached hydrogens (tertiary/aromatic N) is 1. The van der Waals surface area contributed by atoms with Crippen LogP contribution in [-0.4, -0.2) is 41.3 Å². The minimum Gasteiger partial charge on any atom is -0.497 e. The molecule has 0 saturated heterocycles. The number of rotatable bonds is 8. The van der Waals surface area contributed by atoms with E-state index in [0.29, 0.717) is 17.1 Å². The van der Waals surface area contributed by atoms with Crippen molar-refractivity contribution in [3.05, 3.63) is 52.0 Å². The minimum atomic E-state index is -3.76. The molecule has 2 aromatic carbocycles. The standard InChI is InChI=1S/C19H22Cl2N2O5S/c1-12(17-10-16(27-2)5-6-18(17)28-3)22-19(24)11-23(29(4,25)26)15-8-13(20)7-14(21)9-15/h5-10,12H,11H2,1-4H3,(H,22,24)/t12-/m0/s1. The third-order valence-corrected chi connectivity index (χ3v) is 5.68. The summed E-state index contributed by atoms with van der Waals surface area (Å²) >= 11 is 11.9. The third-order valence-electron chi connectivity index (χ3n) is 4.10. The topological polar surface area (TPSA) is 84.9 Å². The Morgan fingerprint density at radius 1 is 1.10 bits per heavy atom. The maximum absolute atomic E-state index is 12.6. The monoisotopic (exact) mass is 460 g/mol. The Balaban J connectivity index is 2.25. The normalized spacial score (nSPS) is 12.2. The lowest BCUT2D eigenvalue weighted by molar-refractivity contribution is -0.120. The van der Waals surface area contributed by atoms with Crippen LogP contribution in [0.4, 0.5) is 5.69 Å². The highest BCUT2D eigenvalue weighted by Crippen LogP contribution is 2.30. The van der Waals surface area contributed by atoms with E-state index in [1.807, 2.05) is 0 Å². The Bertz CT molecular complexity index is 978. The van der Waals surface area contributed by atoms with Gasteiger partial charge in [0, 0.05) is 15.6 Å². The molecule has 0 saturated carbocycles. The first-order valence-corrected chi connectivity index (χ1v) is 11.1. The Kier molecular flexibility index (Phi) is 7.62. The number of anilines is 1. The number of methoxy groups -OCH3 is 2. The lowest BCUT2D eigenvalue weighted by Gasteiger charge is -2.24. The first-order valence-electron chi connectivity index (χ1n) is 8.50. The van der Waals surface area contributed by atoms with Crippen LogP contribution in [-0.2, 0) is 14.8 Å². The summed E-state index contributed by atoms with van der Waals surface area (Å²) in [6, 6.07) is 9.08. The van der Waals surface area contributed by atoms with Gasteiger partial charge in [-0.2, -0.15) is 0 Å². The third kappa shape index (κ3) is 6.16. The summed E-state index contributed by atoms with van der Waals surface area (Å²) in [5.74, 6) is 0.664. The molecule has 0 aliphatic carbocycles. The number of ether oxygens (including phenoxy) is 2. The van der Waals surface area contributed by atoms with Crippen molar-refractivity contribution in [2.45, 2.75) is 13.0 Å². The highest BCUT2D eigenvalue weighted by molar-refractivity contribution is 7.92. The zero-order valence-electron chi connectivity index (χ0n) is 16.4. The molecule has 1 N–H and O–H groups in total. The molecule has 0 aliphatic heterocycles. The average molecular weight is 461 g/mol. The molecule has 29 heavy (non-hydrogen) atoms. The molecule has 158 valence electrons. The van der Waals surface area contributed by atoms with Gasteiger partial charge in [0.1, 0.15) is 18.0 Å². The van der Waals surface area contributed by atoms with Crippen molar-refractivity contribution in [1.29, 1.82) is 0 Å². The van der Waals surface area contributed by atoms with Crippen molar-refractivity contribution >= 4 is 44.8 Å². The van der Waals surface area contributed by atoms with Crippen LogP contribution < -0.4 is 19.1 Å². The summed E-state index contributed by atoms with van der Waals surface area (Å²) in [6.45, 7) is 1.32. The van der Waals surface area contributed by atoms with Gasteiger partial charge in [0.2, 0.25) is 15.9 Å². The molecular formula is C19H22Cl2N2O5S. The summed E-state index contributed by atoms with van der Waals surface area (Å²) < 4.78 is 36.0. The largest absolute Gasteiger partial charge is 0.497 e. The lowest BCUT2D eigenvalue weighted by atomic mass is 10.1. The Morgan fingerprint density at radius 2 is 1.72 bits per heavy atom. The number of benzene rings is 2. The second kappa shape index (κ2) is 9.56.